The maximum absolute atomic E-state index is 13.5. The van der Waals surface area contributed by atoms with Crippen molar-refractivity contribution in [1.29, 1.82) is 0 Å². The highest BCUT2D eigenvalue weighted by Gasteiger charge is 2.14. The van der Waals surface area contributed by atoms with Crippen LogP contribution in [0.25, 0.3) is 0 Å². The summed E-state index contributed by atoms with van der Waals surface area (Å²) < 4.78 is 49.2. The van der Waals surface area contributed by atoms with Crippen molar-refractivity contribution < 1.29 is 22.0 Å². The Morgan fingerprint density at radius 2 is 1.81 bits per heavy atom. The maximum atomic E-state index is 13.5. The van der Waals surface area contributed by atoms with Crippen molar-refractivity contribution in [3.05, 3.63) is 65.2 Å². The Balaban J connectivity index is 2.29. The molecule has 0 bridgehead atoms. The molecular formula is C15H12F2O3S. The average Bonchev–Trinajstić information content (AvgIpc) is 2.41. The lowest BCUT2D eigenvalue weighted by Gasteiger charge is -2.05. The van der Waals surface area contributed by atoms with Crippen LogP contribution >= 0.6 is 0 Å². The van der Waals surface area contributed by atoms with Crippen molar-refractivity contribution in [2.75, 3.05) is 6.26 Å². The van der Waals surface area contributed by atoms with Gasteiger partial charge in [0, 0.05) is 24.3 Å². The molecule has 0 aliphatic heterocycles. The predicted octanol–water partition coefficient (Wildman–Crippen LogP) is 2.79. The van der Waals surface area contributed by atoms with Crippen molar-refractivity contribution in [1.82, 2.24) is 0 Å². The maximum Gasteiger partial charge on any atom is 0.175 e. The second-order valence-electron chi connectivity index (χ2n) is 4.64. The van der Waals surface area contributed by atoms with Crippen LogP contribution in [0.3, 0.4) is 0 Å². The monoisotopic (exact) mass is 310 g/mol. The zero-order valence-corrected chi connectivity index (χ0v) is 12.0. The van der Waals surface area contributed by atoms with Crippen molar-refractivity contribution in [2.45, 2.75) is 11.3 Å². The van der Waals surface area contributed by atoms with Crippen LogP contribution in [0.4, 0.5) is 8.78 Å². The fourth-order valence-electron chi connectivity index (χ4n) is 1.84. The van der Waals surface area contributed by atoms with Gasteiger partial charge in [-0.1, -0.05) is 18.2 Å². The normalized spacial score (nSPS) is 11.4. The lowest BCUT2D eigenvalue weighted by atomic mass is 10.0. The van der Waals surface area contributed by atoms with Crippen LogP contribution in [-0.2, 0) is 16.3 Å². The summed E-state index contributed by atoms with van der Waals surface area (Å²) in [7, 11) is -3.42. The smallest absolute Gasteiger partial charge is 0.175 e. The number of hydrogen-bond donors (Lipinski definition) is 0. The van der Waals surface area contributed by atoms with Crippen molar-refractivity contribution in [2.24, 2.45) is 0 Å². The lowest BCUT2D eigenvalue weighted by molar-refractivity contribution is 0.0991. The van der Waals surface area contributed by atoms with Gasteiger partial charge in [-0.25, -0.2) is 17.2 Å². The zero-order valence-electron chi connectivity index (χ0n) is 11.1. The molecule has 2 rings (SSSR count). The van der Waals surface area contributed by atoms with Crippen LogP contribution in [0.5, 0.6) is 0 Å². The molecule has 0 aliphatic rings. The number of rotatable bonds is 4. The third-order valence-electron chi connectivity index (χ3n) is 2.95. The van der Waals surface area contributed by atoms with Gasteiger partial charge in [0.25, 0.3) is 0 Å². The fraction of sp³-hybridized carbons (Fsp3) is 0.133. The first kappa shape index (κ1) is 15.3. The Bertz CT molecular complexity index is 798. The number of hydrogen-bond acceptors (Lipinski definition) is 3. The summed E-state index contributed by atoms with van der Waals surface area (Å²) in [5, 5.41) is 0. The van der Waals surface area contributed by atoms with Gasteiger partial charge in [-0.15, -0.1) is 0 Å². The average molecular weight is 310 g/mol. The Kier molecular flexibility index (Phi) is 4.18. The summed E-state index contributed by atoms with van der Waals surface area (Å²) in [6, 6.07) is 8.50. The molecule has 0 saturated heterocycles. The minimum Gasteiger partial charge on any atom is -0.294 e. The van der Waals surface area contributed by atoms with E-state index in [-0.39, 0.29) is 22.4 Å². The molecule has 0 N–H and O–H groups in total. The first-order valence-corrected chi connectivity index (χ1v) is 7.94. The molecule has 6 heteroatoms. The predicted molar refractivity (Wildman–Crippen MR) is 73.9 cm³/mol. The molecule has 2 aromatic carbocycles. The van der Waals surface area contributed by atoms with Crippen LogP contribution in [0.1, 0.15) is 15.9 Å². The van der Waals surface area contributed by atoms with E-state index < -0.39 is 27.3 Å². The molecule has 0 fully saturated rings. The SMILES string of the molecule is CS(=O)(=O)c1cccc(C(=O)Cc2ccc(F)cc2F)c1. The van der Waals surface area contributed by atoms with E-state index in [9.17, 15) is 22.0 Å². The number of carbonyl (C=O) groups is 1. The summed E-state index contributed by atoms with van der Waals surface area (Å²) in [5.74, 6) is -1.96. The van der Waals surface area contributed by atoms with Crippen LogP contribution in [0.15, 0.2) is 47.4 Å². The van der Waals surface area contributed by atoms with E-state index in [1.54, 1.807) is 0 Å². The zero-order chi connectivity index (χ0) is 15.6. The molecule has 0 atom stereocenters. The van der Waals surface area contributed by atoms with Gasteiger partial charge in [0.2, 0.25) is 0 Å². The Morgan fingerprint density at radius 1 is 1.10 bits per heavy atom. The fourth-order valence-corrected chi connectivity index (χ4v) is 2.51. The Labute approximate surface area is 121 Å². The third-order valence-corrected chi connectivity index (χ3v) is 4.06. The number of benzene rings is 2. The molecule has 0 amide bonds. The van der Waals surface area contributed by atoms with Crippen molar-refractivity contribution >= 4 is 15.6 Å². The highest BCUT2D eigenvalue weighted by atomic mass is 32.2. The number of Topliss-reactive ketones (excluding diaryl/α,β-unsaturated/α-hetero) is 1. The number of halogens is 2. The first-order chi connectivity index (χ1) is 9.77. The molecule has 0 spiro atoms. The molecule has 21 heavy (non-hydrogen) atoms. The molecule has 3 nitrogen and oxygen atoms in total. The molecule has 0 aromatic heterocycles. The molecule has 0 saturated carbocycles. The molecule has 0 heterocycles. The lowest BCUT2D eigenvalue weighted by Crippen LogP contribution is -2.07. The topological polar surface area (TPSA) is 51.2 Å². The molecular weight excluding hydrogens is 298 g/mol. The van der Waals surface area contributed by atoms with E-state index in [0.717, 1.165) is 12.3 Å². The number of ketones is 1. The van der Waals surface area contributed by atoms with Gasteiger partial charge in [-0.2, -0.15) is 0 Å². The van der Waals surface area contributed by atoms with E-state index in [2.05, 4.69) is 0 Å². The van der Waals surface area contributed by atoms with Crippen LogP contribution in [0.2, 0.25) is 0 Å². The molecule has 0 aliphatic carbocycles. The summed E-state index contributed by atoms with van der Waals surface area (Å²) in [5.41, 5.74) is 0.229. The Morgan fingerprint density at radius 3 is 2.43 bits per heavy atom. The first-order valence-electron chi connectivity index (χ1n) is 6.04. The summed E-state index contributed by atoms with van der Waals surface area (Å²) in [6.07, 6.45) is 0.773. The van der Waals surface area contributed by atoms with E-state index in [4.69, 9.17) is 0 Å². The van der Waals surface area contributed by atoms with Crippen molar-refractivity contribution in [3.8, 4) is 0 Å². The van der Waals surface area contributed by atoms with Crippen LogP contribution in [-0.4, -0.2) is 20.5 Å². The summed E-state index contributed by atoms with van der Waals surface area (Å²) >= 11 is 0. The largest absolute Gasteiger partial charge is 0.294 e. The second kappa shape index (κ2) is 5.73. The van der Waals surface area contributed by atoms with Crippen LogP contribution in [0, 0.1) is 11.6 Å². The standard InChI is InChI=1S/C15H12F2O3S/c1-21(19,20)13-4-2-3-11(7-13)15(18)8-10-5-6-12(16)9-14(10)17/h2-7,9H,8H2,1H3. The molecule has 0 radical (unpaired) electrons. The van der Waals surface area contributed by atoms with Gasteiger partial charge in [0.1, 0.15) is 11.6 Å². The number of sulfone groups is 1. The Hall–Kier alpha value is -2.08. The van der Waals surface area contributed by atoms with E-state index >= 15 is 0 Å². The second-order valence-corrected chi connectivity index (χ2v) is 6.65. The van der Waals surface area contributed by atoms with Crippen molar-refractivity contribution in [3.63, 3.8) is 0 Å². The minimum absolute atomic E-state index is 0.0212. The van der Waals surface area contributed by atoms with Crippen LogP contribution < -0.4 is 0 Å². The van der Waals surface area contributed by atoms with E-state index in [1.165, 1.54) is 30.3 Å². The quantitative estimate of drug-likeness (QED) is 0.816. The van der Waals surface area contributed by atoms with Gasteiger partial charge in [0.15, 0.2) is 15.6 Å². The summed E-state index contributed by atoms with van der Waals surface area (Å²) in [6.45, 7) is 0. The van der Waals surface area contributed by atoms with Gasteiger partial charge >= 0.3 is 0 Å². The van der Waals surface area contributed by atoms with Gasteiger partial charge in [-0.05, 0) is 23.8 Å². The molecule has 110 valence electrons. The molecule has 2 aromatic rings. The highest BCUT2D eigenvalue weighted by molar-refractivity contribution is 7.90. The summed E-state index contributed by atoms with van der Waals surface area (Å²) in [4.78, 5) is 12.1. The minimum atomic E-state index is -3.42. The van der Waals surface area contributed by atoms with Gasteiger partial charge in [0.05, 0.1) is 4.90 Å². The third kappa shape index (κ3) is 3.72. The number of carbonyl (C=O) groups excluding carboxylic acids is 1. The molecule has 0 unspecified atom stereocenters. The van der Waals surface area contributed by atoms with Gasteiger partial charge < -0.3 is 0 Å². The van der Waals surface area contributed by atoms with Gasteiger partial charge in [-0.3, -0.25) is 4.79 Å². The van der Waals surface area contributed by atoms with E-state index in [0.29, 0.717) is 6.07 Å². The highest BCUT2D eigenvalue weighted by Crippen LogP contribution is 2.16. The van der Waals surface area contributed by atoms with E-state index in [1.807, 2.05) is 0 Å².